The number of nitrogens with one attached hydrogen (secondary N) is 2. The van der Waals surface area contributed by atoms with Crippen LogP contribution in [0, 0.1) is 24.0 Å². The van der Waals surface area contributed by atoms with Gasteiger partial charge in [-0.25, -0.2) is 8.78 Å². The predicted octanol–water partition coefficient (Wildman–Crippen LogP) is 0.742. The molecule has 2 N–H and O–H groups in total. The molecule has 6 nitrogen and oxygen atoms in total. The number of benzene rings is 1. The van der Waals surface area contributed by atoms with Gasteiger partial charge in [-0.2, -0.15) is 0 Å². The molecule has 3 rings (SSSR count). The van der Waals surface area contributed by atoms with Gasteiger partial charge in [-0.3, -0.25) is 9.59 Å². The number of aromatic nitrogens is 2. The minimum absolute atomic E-state index is 0.0435. The normalized spacial score (nSPS) is 12.3. The Morgan fingerprint density at radius 1 is 1.04 bits per heavy atom. The van der Waals surface area contributed by atoms with Crippen molar-refractivity contribution in [1.82, 2.24) is 9.97 Å². The summed E-state index contributed by atoms with van der Waals surface area (Å²) >= 11 is 0. The molecule has 0 spiro atoms. The van der Waals surface area contributed by atoms with Crippen LogP contribution in [0.15, 0.2) is 44.3 Å². The highest BCUT2D eigenvalue weighted by atomic mass is 19.1. The Hall–Kier alpha value is -3.70. The van der Waals surface area contributed by atoms with Crippen LogP contribution in [-0.2, 0) is 11.3 Å². The van der Waals surface area contributed by atoms with Crippen LogP contribution < -0.4 is 21.8 Å². The number of H-pyrrole nitrogens is 2. The second-order valence-electron chi connectivity index (χ2n) is 5.73. The van der Waals surface area contributed by atoms with Crippen LogP contribution in [0.25, 0.3) is 12.2 Å². The van der Waals surface area contributed by atoms with Gasteiger partial charge in [0, 0.05) is 12.1 Å². The first-order valence-corrected chi connectivity index (χ1v) is 8.07. The lowest BCUT2D eigenvalue weighted by Gasteiger charge is -1.96. The molecule has 0 aliphatic rings. The highest BCUT2D eigenvalue weighted by Gasteiger charge is 2.03. The molecule has 8 heteroatoms. The van der Waals surface area contributed by atoms with E-state index in [1.54, 1.807) is 12.1 Å². The predicted molar refractivity (Wildman–Crippen MR) is 97.6 cm³/mol. The molecule has 0 saturated heterocycles. The van der Waals surface area contributed by atoms with Crippen molar-refractivity contribution in [2.24, 2.45) is 0 Å². The van der Waals surface area contributed by atoms with Crippen molar-refractivity contribution in [2.45, 2.75) is 6.61 Å². The van der Waals surface area contributed by atoms with Gasteiger partial charge in [-0.05, 0) is 35.9 Å². The molecular formula is C20H14F2N2O4. The number of ether oxygens (including phenoxy) is 1. The summed E-state index contributed by atoms with van der Waals surface area (Å²) in [6.45, 7) is 0.308. The lowest BCUT2D eigenvalue weighted by atomic mass is 10.2. The molecule has 0 saturated carbocycles. The Labute approximate surface area is 156 Å². The van der Waals surface area contributed by atoms with Gasteiger partial charge in [0.05, 0.1) is 0 Å². The van der Waals surface area contributed by atoms with Gasteiger partial charge in [0.1, 0.15) is 47.1 Å². The van der Waals surface area contributed by atoms with E-state index >= 15 is 0 Å². The zero-order valence-electron chi connectivity index (χ0n) is 14.4. The van der Waals surface area contributed by atoms with E-state index < -0.39 is 22.8 Å². The average Bonchev–Trinajstić information content (AvgIpc) is 3.06. The van der Waals surface area contributed by atoms with Crippen LogP contribution in [0.3, 0.4) is 0 Å². The summed E-state index contributed by atoms with van der Waals surface area (Å²) in [7, 11) is 0. The van der Waals surface area contributed by atoms with Crippen LogP contribution >= 0.6 is 0 Å². The highest BCUT2D eigenvalue weighted by Crippen LogP contribution is 2.09. The fourth-order valence-corrected chi connectivity index (χ4v) is 2.42. The molecule has 3 aromatic rings. The Bertz CT molecular complexity index is 1260. The number of terminal acetylenes is 1. The molecule has 28 heavy (non-hydrogen) atoms. The van der Waals surface area contributed by atoms with Gasteiger partial charge in [0.25, 0.3) is 11.1 Å². The third-order valence-electron chi connectivity index (χ3n) is 3.58. The van der Waals surface area contributed by atoms with Crippen LogP contribution in [-0.4, -0.2) is 16.6 Å². The summed E-state index contributed by atoms with van der Waals surface area (Å²) in [4.78, 5) is 29.2. The summed E-state index contributed by atoms with van der Waals surface area (Å²) in [6, 6.07) is 6.02. The largest absolute Gasteiger partial charge is 0.459 e. The highest BCUT2D eigenvalue weighted by molar-refractivity contribution is 5.48. The number of rotatable bonds is 5. The van der Waals surface area contributed by atoms with Crippen molar-refractivity contribution in [1.29, 1.82) is 0 Å². The summed E-state index contributed by atoms with van der Waals surface area (Å²) < 4.78 is 37.1. The van der Waals surface area contributed by atoms with Crippen LogP contribution in [0.4, 0.5) is 8.78 Å². The van der Waals surface area contributed by atoms with Crippen LogP contribution in [0.5, 0.6) is 0 Å². The second-order valence-corrected chi connectivity index (χ2v) is 5.73. The Morgan fingerprint density at radius 3 is 2.32 bits per heavy atom. The maximum absolute atomic E-state index is 13.3. The van der Waals surface area contributed by atoms with E-state index in [1.165, 1.54) is 12.2 Å². The van der Waals surface area contributed by atoms with Crippen molar-refractivity contribution in [3.63, 3.8) is 0 Å². The number of hydrogen-bond donors (Lipinski definition) is 2. The molecule has 0 radical (unpaired) electrons. The SMILES string of the molecule is C#CCOCc1ccc(/C=c2\[nH]c(=O)/c(=C/c3cc(F)cc(F)c3)[nH]c2=O)o1. The lowest BCUT2D eigenvalue weighted by molar-refractivity contribution is 0.135. The van der Waals surface area contributed by atoms with Gasteiger partial charge in [0.15, 0.2) is 0 Å². The molecule has 0 atom stereocenters. The van der Waals surface area contributed by atoms with E-state index in [0.717, 1.165) is 12.1 Å². The molecule has 0 bridgehead atoms. The van der Waals surface area contributed by atoms with Gasteiger partial charge in [0.2, 0.25) is 0 Å². The molecule has 0 aliphatic heterocycles. The van der Waals surface area contributed by atoms with Crippen molar-refractivity contribution < 1.29 is 17.9 Å². The van der Waals surface area contributed by atoms with E-state index in [9.17, 15) is 18.4 Å². The van der Waals surface area contributed by atoms with Crippen LogP contribution in [0.2, 0.25) is 0 Å². The molecule has 2 aromatic heterocycles. The summed E-state index contributed by atoms with van der Waals surface area (Å²) in [5.74, 6) is 1.55. The van der Waals surface area contributed by atoms with E-state index in [0.29, 0.717) is 17.6 Å². The summed E-state index contributed by atoms with van der Waals surface area (Å²) in [5.41, 5.74) is -1.15. The third-order valence-corrected chi connectivity index (χ3v) is 3.58. The molecule has 0 fully saturated rings. The maximum atomic E-state index is 13.3. The Kier molecular flexibility index (Phi) is 5.67. The van der Waals surface area contributed by atoms with Crippen molar-refractivity contribution >= 4 is 12.2 Å². The third kappa shape index (κ3) is 4.72. The monoisotopic (exact) mass is 384 g/mol. The average molecular weight is 384 g/mol. The number of aromatic amines is 2. The quantitative estimate of drug-likeness (QED) is 0.502. The Balaban J connectivity index is 1.95. The number of furan rings is 1. The van der Waals surface area contributed by atoms with Gasteiger partial charge >= 0.3 is 0 Å². The molecule has 1 aromatic carbocycles. The number of hydrogen-bond acceptors (Lipinski definition) is 4. The first kappa shape index (κ1) is 19.1. The molecule has 0 aliphatic carbocycles. The summed E-state index contributed by atoms with van der Waals surface area (Å²) in [5, 5.41) is -0.187. The second kappa shape index (κ2) is 8.33. The standard InChI is InChI=1S/C20H14F2N2O4/c1-2-5-27-11-16-4-3-15(28-16)10-18-20(26)23-17(19(25)24-18)8-12-6-13(21)9-14(22)7-12/h1,3-4,6-10H,5,11H2,(H,23,26)(H,24,25)/b17-8-,18-10-. The van der Waals surface area contributed by atoms with Gasteiger partial charge in [-0.15, -0.1) is 6.42 Å². The topological polar surface area (TPSA) is 88.1 Å². The van der Waals surface area contributed by atoms with E-state index in [2.05, 4.69) is 15.9 Å². The summed E-state index contributed by atoms with van der Waals surface area (Å²) in [6.07, 6.45) is 7.60. The maximum Gasteiger partial charge on any atom is 0.272 e. The molecule has 0 unspecified atom stereocenters. The fraction of sp³-hybridized carbons (Fsp3) is 0.100. The molecular weight excluding hydrogens is 370 g/mol. The van der Waals surface area contributed by atoms with Gasteiger partial charge in [-0.1, -0.05) is 5.92 Å². The van der Waals surface area contributed by atoms with E-state index in [1.807, 2.05) is 0 Å². The number of halogens is 2. The molecule has 0 amide bonds. The first-order chi connectivity index (χ1) is 13.4. The first-order valence-electron chi connectivity index (χ1n) is 8.07. The smallest absolute Gasteiger partial charge is 0.272 e. The van der Waals surface area contributed by atoms with Crippen LogP contribution in [0.1, 0.15) is 17.1 Å². The zero-order valence-corrected chi connectivity index (χ0v) is 14.4. The lowest BCUT2D eigenvalue weighted by Crippen LogP contribution is -2.46. The van der Waals surface area contributed by atoms with Gasteiger partial charge < -0.3 is 19.1 Å². The molecule has 2 heterocycles. The molecule has 142 valence electrons. The Morgan fingerprint density at radius 2 is 1.68 bits per heavy atom. The van der Waals surface area contributed by atoms with Crippen molar-refractivity contribution in [3.05, 3.63) is 90.5 Å². The van der Waals surface area contributed by atoms with E-state index in [-0.39, 0.29) is 29.5 Å². The van der Waals surface area contributed by atoms with E-state index in [4.69, 9.17) is 15.6 Å². The fourth-order valence-electron chi connectivity index (χ4n) is 2.42. The minimum Gasteiger partial charge on any atom is -0.459 e. The van der Waals surface area contributed by atoms with Crippen molar-refractivity contribution in [3.8, 4) is 12.3 Å². The van der Waals surface area contributed by atoms with Crippen molar-refractivity contribution in [2.75, 3.05) is 6.61 Å². The zero-order chi connectivity index (χ0) is 20.1. The minimum atomic E-state index is -0.796.